The molecule has 0 saturated carbocycles. The molecule has 0 saturated heterocycles. The van der Waals surface area contributed by atoms with Crippen molar-refractivity contribution in [3.8, 4) is 5.69 Å². The minimum Gasteiger partial charge on any atom is -0.355 e. The number of rotatable bonds is 4. The summed E-state index contributed by atoms with van der Waals surface area (Å²) in [7, 11) is 0. The van der Waals surface area contributed by atoms with Gasteiger partial charge in [-0.05, 0) is 46.5 Å². The molecule has 0 aliphatic heterocycles. The third kappa shape index (κ3) is 3.31. The van der Waals surface area contributed by atoms with Crippen molar-refractivity contribution in [3.05, 3.63) is 39.6 Å². The van der Waals surface area contributed by atoms with E-state index in [1.807, 2.05) is 29.8 Å². The average molecular weight is 343 g/mol. The van der Waals surface area contributed by atoms with Crippen LogP contribution in [-0.4, -0.2) is 16.1 Å². The SMILES string of the molecule is Cc1cc(Br)c(-n2ccnc2NCC(C)C)cc1Cl. The smallest absolute Gasteiger partial charge is 0.207 e. The van der Waals surface area contributed by atoms with Gasteiger partial charge in [-0.2, -0.15) is 0 Å². The van der Waals surface area contributed by atoms with Crippen molar-refractivity contribution < 1.29 is 0 Å². The summed E-state index contributed by atoms with van der Waals surface area (Å²) in [6.07, 6.45) is 3.71. The number of aromatic nitrogens is 2. The Morgan fingerprint density at radius 2 is 2.16 bits per heavy atom. The van der Waals surface area contributed by atoms with Crippen molar-refractivity contribution in [3.63, 3.8) is 0 Å². The Kier molecular flexibility index (Phi) is 4.53. The summed E-state index contributed by atoms with van der Waals surface area (Å²) in [5, 5.41) is 4.09. The third-order valence-corrected chi connectivity index (χ3v) is 3.84. The van der Waals surface area contributed by atoms with E-state index in [-0.39, 0.29) is 0 Å². The number of benzene rings is 1. The number of halogens is 2. The van der Waals surface area contributed by atoms with E-state index < -0.39 is 0 Å². The van der Waals surface area contributed by atoms with E-state index in [1.54, 1.807) is 6.20 Å². The summed E-state index contributed by atoms with van der Waals surface area (Å²) in [5.41, 5.74) is 2.04. The van der Waals surface area contributed by atoms with Gasteiger partial charge in [-0.3, -0.25) is 4.57 Å². The van der Waals surface area contributed by atoms with Gasteiger partial charge >= 0.3 is 0 Å². The van der Waals surface area contributed by atoms with Crippen LogP contribution in [0.25, 0.3) is 5.69 Å². The second-order valence-electron chi connectivity index (χ2n) is 4.95. The number of hydrogen-bond acceptors (Lipinski definition) is 2. The van der Waals surface area contributed by atoms with Crippen LogP contribution in [0, 0.1) is 12.8 Å². The fourth-order valence-corrected chi connectivity index (χ4v) is 2.55. The Balaban J connectivity index is 2.37. The maximum absolute atomic E-state index is 6.21. The second kappa shape index (κ2) is 5.97. The molecule has 1 N–H and O–H groups in total. The first-order chi connectivity index (χ1) is 8.99. The number of aryl methyl sites for hydroxylation is 1. The fraction of sp³-hybridized carbons (Fsp3) is 0.357. The van der Waals surface area contributed by atoms with Crippen LogP contribution in [0.1, 0.15) is 19.4 Å². The lowest BCUT2D eigenvalue weighted by molar-refractivity contribution is 0.683. The lowest BCUT2D eigenvalue weighted by Gasteiger charge is -2.13. The Morgan fingerprint density at radius 1 is 1.42 bits per heavy atom. The molecule has 0 fully saturated rings. The molecule has 19 heavy (non-hydrogen) atoms. The molecule has 2 rings (SSSR count). The monoisotopic (exact) mass is 341 g/mol. The average Bonchev–Trinajstić information content (AvgIpc) is 2.79. The molecule has 1 aromatic carbocycles. The van der Waals surface area contributed by atoms with Crippen LogP contribution in [-0.2, 0) is 0 Å². The molecule has 1 aromatic heterocycles. The second-order valence-corrected chi connectivity index (χ2v) is 6.21. The van der Waals surface area contributed by atoms with Crippen molar-refractivity contribution in [2.75, 3.05) is 11.9 Å². The van der Waals surface area contributed by atoms with Gasteiger partial charge < -0.3 is 5.32 Å². The van der Waals surface area contributed by atoms with E-state index in [2.05, 4.69) is 40.1 Å². The van der Waals surface area contributed by atoms with Gasteiger partial charge in [0.25, 0.3) is 0 Å². The van der Waals surface area contributed by atoms with E-state index in [4.69, 9.17) is 11.6 Å². The van der Waals surface area contributed by atoms with Crippen molar-refractivity contribution in [1.82, 2.24) is 9.55 Å². The predicted octanol–water partition coefficient (Wildman–Crippen LogP) is 4.66. The van der Waals surface area contributed by atoms with Crippen molar-refractivity contribution >= 4 is 33.5 Å². The zero-order chi connectivity index (χ0) is 14.0. The minimum absolute atomic E-state index is 0.565. The standard InChI is InChI=1S/C14H17BrClN3/c1-9(2)8-18-14-17-4-5-19(14)13-7-12(16)10(3)6-11(13)15/h4-7,9H,8H2,1-3H3,(H,17,18). The van der Waals surface area contributed by atoms with Crippen LogP contribution in [0.5, 0.6) is 0 Å². The zero-order valence-electron chi connectivity index (χ0n) is 11.2. The van der Waals surface area contributed by atoms with Crippen molar-refractivity contribution in [2.45, 2.75) is 20.8 Å². The highest BCUT2D eigenvalue weighted by molar-refractivity contribution is 9.10. The minimum atomic E-state index is 0.565. The van der Waals surface area contributed by atoms with E-state index in [1.165, 1.54) is 0 Å². The molecule has 102 valence electrons. The summed E-state index contributed by atoms with van der Waals surface area (Å²) in [5.74, 6) is 1.39. The quantitative estimate of drug-likeness (QED) is 0.875. The van der Waals surface area contributed by atoms with Gasteiger partial charge in [0.05, 0.1) is 5.69 Å². The van der Waals surface area contributed by atoms with Gasteiger partial charge in [-0.15, -0.1) is 0 Å². The summed E-state index contributed by atoms with van der Waals surface area (Å²) in [6.45, 7) is 7.20. The predicted molar refractivity (Wildman–Crippen MR) is 84.3 cm³/mol. The molecule has 2 aromatic rings. The van der Waals surface area contributed by atoms with Crippen LogP contribution < -0.4 is 5.32 Å². The number of anilines is 1. The van der Waals surface area contributed by atoms with Gasteiger partial charge in [-0.1, -0.05) is 25.4 Å². The van der Waals surface area contributed by atoms with Crippen LogP contribution in [0.2, 0.25) is 5.02 Å². The van der Waals surface area contributed by atoms with E-state index in [0.29, 0.717) is 5.92 Å². The summed E-state index contributed by atoms with van der Waals surface area (Å²) < 4.78 is 3.00. The number of nitrogens with one attached hydrogen (secondary N) is 1. The van der Waals surface area contributed by atoms with E-state index in [0.717, 1.165) is 33.2 Å². The molecular weight excluding hydrogens is 326 g/mol. The van der Waals surface area contributed by atoms with Crippen LogP contribution in [0.15, 0.2) is 29.0 Å². The van der Waals surface area contributed by atoms with Gasteiger partial charge in [0, 0.05) is 28.4 Å². The molecular formula is C14H17BrClN3. The van der Waals surface area contributed by atoms with Crippen LogP contribution in [0.3, 0.4) is 0 Å². The lowest BCUT2D eigenvalue weighted by Crippen LogP contribution is -2.12. The molecule has 0 spiro atoms. The van der Waals surface area contributed by atoms with Gasteiger partial charge in [0.2, 0.25) is 5.95 Å². The topological polar surface area (TPSA) is 29.9 Å². The van der Waals surface area contributed by atoms with E-state index in [9.17, 15) is 0 Å². The number of nitrogens with zero attached hydrogens (tertiary/aromatic N) is 2. The Hall–Kier alpha value is -1.00. The molecule has 0 atom stereocenters. The number of hydrogen-bond donors (Lipinski definition) is 1. The molecule has 0 amide bonds. The summed E-state index contributed by atoms with van der Waals surface area (Å²) in [4.78, 5) is 4.35. The molecule has 0 unspecified atom stereocenters. The zero-order valence-corrected chi connectivity index (χ0v) is 13.6. The Bertz CT molecular complexity index is 578. The Labute approximate surface area is 127 Å². The number of imidazole rings is 1. The molecule has 5 heteroatoms. The first kappa shape index (κ1) is 14.4. The molecule has 0 aliphatic carbocycles. The molecule has 3 nitrogen and oxygen atoms in total. The highest BCUT2D eigenvalue weighted by Gasteiger charge is 2.10. The highest BCUT2D eigenvalue weighted by atomic mass is 79.9. The summed E-state index contributed by atoms with van der Waals surface area (Å²) >= 11 is 9.79. The maximum atomic E-state index is 6.21. The first-order valence-electron chi connectivity index (χ1n) is 6.22. The lowest BCUT2D eigenvalue weighted by atomic mass is 10.2. The van der Waals surface area contributed by atoms with Gasteiger partial charge in [0.1, 0.15) is 0 Å². The molecule has 0 radical (unpaired) electrons. The molecule has 0 aliphatic rings. The van der Waals surface area contributed by atoms with Gasteiger partial charge in [-0.25, -0.2) is 4.98 Å². The highest BCUT2D eigenvalue weighted by Crippen LogP contribution is 2.29. The normalized spacial score (nSPS) is 11.1. The van der Waals surface area contributed by atoms with Crippen molar-refractivity contribution in [1.29, 1.82) is 0 Å². The summed E-state index contributed by atoms with van der Waals surface area (Å²) in [6, 6.07) is 3.97. The first-order valence-corrected chi connectivity index (χ1v) is 7.39. The molecule has 1 heterocycles. The van der Waals surface area contributed by atoms with Crippen molar-refractivity contribution in [2.24, 2.45) is 5.92 Å². The fourth-order valence-electron chi connectivity index (χ4n) is 1.74. The van der Waals surface area contributed by atoms with Crippen LogP contribution >= 0.6 is 27.5 Å². The molecule has 0 bridgehead atoms. The Morgan fingerprint density at radius 3 is 2.84 bits per heavy atom. The largest absolute Gasteiger partial charge is 0.355 e. The van der Waals surface area contributed by atoms with Crippen LogP contribution in [0.4, 0.5) is 5.95 Å². The van der Waals surface area contributed by atoms with E-state index >= 15 is 0 Å². The maximum Gasteiger partial charge on any atom is 0.207 e. The third-order valence-electron chi connectivity index (χ3n) is 2.80. The van der Waals surface area contributed by atoms with Gasteiger partial charge in [0.15, 0.2) is 0 Å².